The van der Waals surface area contributed by atoms with Crippen molar-refractivity contribution in [1.29, 1.82) is 0 Å². The van der Waals surface area contributed by atoms with Crippen LogP contribution in [-0.2, 0) is 22.7 Å². The average molecular weight is 450 g/mol. The van der Waals surface area contributed by atoms with Crippen LogP contribution in [0.3, 0.4) is 0 Å². The van der Waals surface area contributed by atoms with E-state index in [0.29, 0.717) is 18.9 Å². The number of anilines is 1. The molecular weight excluding hydrogens is 422 g/mol. The van der Waals surface area contributed by atoms with E-state index in [1.165, 1.54) is 0 Å². The highest BCUT2D eigenvalue weighted by molar-refractivity contribution is 5.76. The van der Waals surface area contributed by atoms with E-state index in [4.69, 9.17) is 9.47 Å². The summed E-state index contributed by atoms with van der Waals surface area (Å²) in [4.78, 5) is 31.1. The van der Waals surface area contributed by atoms with Crippen LogP contribution in [0.15, 0.2) is 79.0 Å². The van der Waals surface area contributed by atoms with Crippen molar-refractivity contribution in [2.75, 3.05) is 31.6 Å². The fraction of sp³-hybridized carbons (Fsp3) is 0.240. The molecule has 0 spiro atoms. The maximum atomic E-state index is 12.5. The fourth-order valence-electron chi connectivity index (χ4n) is 3.06. The summed E-state index contributed by atoms with van der Waals surface area (Å²) in [5.74, 6) is 0.447. The SMILES string of the molecule is CN(CCOc1ccc(CN(CC(=O)O)C(=O)OCc2ccccc2)cc1)c1ccccn1. The van der Waals surface area contributed by atoms with Gasteiger partial charge in [0.2, 0.25) is 0 Å². The molecule has 172 valence electrons. The highest BCUT2D eigenvalue weighted by Gasteiger charge is 2.19. The quantitative estimate of drug-likeness (QED) is 0.476. The van der Waals surface area contributed by atoms with Gasteiger partial charge in [-0.15, -0.1) is 0 Å². The number of carbonyl (C=O) groups excluding carboxylic acids is 1. The highest BCUT2D eigenvalue weighted by atomic mass is 16.6. The van der Waals surface area contributed by atoms with Gasteiger partial charge in [-0.05, 0) is 35.4 Å². The molecule has 0 aliphatic rings. The lowest BCUT2D eigenvalue weighted by atomic mass is 10.2. The molecule has 0 fully saturated rings. The molecule has 1 N–H and O–H groups in total. The van der Waals surface area contributed by atoms with Crippen molar-refractivity contribution in [2.45, 2.75) is 13.2 Å². The Bertz CT molecular complexity index is 1010. The van der Waals surface area contributed by atoms with E-state index < -0.39 is 18.6 Å². The second-order valence-electron chi connectivity index (χ2n) is 7.39. The first-order valence-electron chi connectivity index (χ1n) is 10.5. The summed E-state index contributed by atoms with van der Waals surface area (Å²) >= 11 is 0. The number of likely N-dealkylation sites (N-methyl/N-ethyl adjacent to an activating group) is 1. The van der Waals surface area contributed by atoms with Gasteiger partial charge in [0.25, 0.3) is 0 Å². The molecule has 33 heavy (non-hydrogen) atoms. The van der Waals surface area contributed by atoms with E-state index in [1.807, 2.05) is 60.5 Å². The summed E-state index contributed by atoms with van der Waals surface area (Å²) in [6.45, 7) is 0.881. The van der Waals surface area contributed by atoms with Crippen LogP contribution in [-0.4, -0.2) is 53.8 Å². The average Bonchev–Trinajstić information content (AvgIpc) is 2.84. The predicted molar refractivity (Wildman–Crippen MR) is 124 cm³/mol. The number of carboxylic acids is 1. The minimum atomic E-state index is -1.11. The van der Waals surface area contributed by atoms with E-state index in [9.17, 15) is 14.7 Å². The zero-order chi connectivity index (χ0) is 23.5. The number of carbonyl (C=O) groups is 2. The highest BCUT2D eigenvalue weighted by Crippen LogP contribution is 2.15. The lowest BCUT2D eigenvalue weighted by molar-refractivity contribution is -0.138. The summed E-state index contributed by atoms with van der Waals surface area (Å²) in [5.41, 5.74) is 1.60. The first-order valence-corrected chi connectivity index (χ1v) is 10.5. The molecule has 3 rings (SSSR count). The minimum Gasteiger partial charge on any atom is -0.492 e. The van der Waals surface area contributed by atoms with Gasteiger partial charge < -0.3 is 19.5 Å². The number of carboxylic acid groups (broad SMARTS) is 1. The zero-order valence-electron chi connectivity index (χ0n) is 18.5. The van der Waals surface area contributed by atoms with Crippen molar-refractivity contribution < 1.29 is 24.2 Å². The van der Waals surface area contributed by atoms with Crippen LogP contribution in [0.1, 0.15) is 11.1 Å². The maximum absolute atomic E-state index is 12.5. The molecule has 1 aromatic heterocycles. The number of nitrogens with zero attached hydrogens (tertiary/aromatic N) is 3. The first-order chi connectivity index (χ1) is 16.0. The molecule has 8 heteroatoms. The van der Waals surface area contributed by atoms with Crippen molar-refractivity contribution in [3.63, 3.8) is 0 Å². The van der Waals surface area contributed by atoms with E-state index in [2.05, 4.69) is 4.98 Å². The molecular formula is C25H27N3O5. The zero-order valence-corrected chi connectivity index (χ0v) is 18.5. The van der Waals surface area contributed by atoms with Crippen molar-refractivity contribution >= 4 is 17.9 Å². The van der Waals surface area contributed by atoms with E-state index in [1.54, 1.807) is 30.5 Å². The monoisotopic (exact) mass is 449 g/mol. The number of amides is 1. The van der Waals surface area contributed by atoms with Crippen LogP contribution in [0.5, 0.6) is 5.75 Å². The Morgan fingerprint density at radius 3 is 2.33 bits per heavy atom. The van der Waals surface area contributed by atoms with E-state index in [0.717, 1.165) is 21.8 Å². The summed E-state index contributed by atoms with van der Waals surface area (Å²) in [7, 11) is 1.95. The van der Waals surface area contributed by atoms with E-state index >= 15 is 0 Å². The molecule has 0 aliphatic carbocycles. The maximum Gasteiger partial charge on any atom is 0.410 e. The minimum absolute atomic E-state index is 0.0789. The van der Waals surface area contributed by atoms with Crippen molar-refractivity contribution in [3.8, 4) is 5.75 Å². The van der Waals surface area contributed by atoms with E-state index in [-0.39, 0.29) is 13.2 Å². The Hall–Kier alpha value is -4.07. The van der Waals surface area contributed by atoms with Crippen LogP contribution >= 0.6 is 0 Å². The van der Waals surface area contributed by atoms with Gasteiger partial charge in [-0.25, -0.2) is 9.78 Å². The Balaban J connectivity index is 1.50. The second-order valence-corrected chi connectivity index (χ2v) is 7.39. The van der Waals surface area contributed by atoms with Gasteiger partial charge >= 0.3 is 12.1 Å². The molecule has 0 aliphatic heterocycles. The van der Waals surface area contributed by atoms with Gasteiger partial charge in [0.05, 0.1) is 6.54 Å². The molecule has 0 unspecified atom stereocenters. The Morgan fingerprint density at radius 1 is 0.939 bits per heavy atom. The topological polar surface area (TPSA) is 92.2 Å². The molecule has 3 aromatic rings. The van der Waals surface area contributed by atoms with Gasteiger partial charge in [0, 0.05) is 19.8 Å². The lowest BCUT2D eigenvalue weighted by Gasteiger charge is -2.21. The molecule has 0 saturated carbocycles. The van der Waals surface area contributed by atoms with Gasteiger partial charge in [0.15, 0.2) is 0 Å². The molecule has 1 heterocycles. The lowest BCUT2D eigenvalue weighted by Crippen LogP contribution is -2.35. The van der Waals surface area contributed by atoms with Crippen LogP contribution < -0.4 is 9.64 Å². The fourth-order valence-corrected chi connectivity index (χ4v) is 3.06. The van der Waals surface area contributed by atoms with Gasteiger partial charge in [-0.3, -0.25) is 9.69 Å². The van der Waals surface area contributed by atoms with Crippen LogP contribution in [0.25, 0.3) is 0 Å². The van der Waals surface area contributed by atoms with Crippen molar-refractivity contribution in [1.82, 2.24) is 9.88 Å². The third-order valence-corrected chi connectivity index (χ3v) is 4.82. The number of aromatic nitrogens is 1. The van der Waals surface area contributed by atoms with Gasteiger partial charge in [0.1, 0.15) is 31.3 Å². The number of ether oxygens (including phenoxy) is 2. The molecule has 0 saturated heterocycles. The number of rotatable bonds is 11. The molecule has 0 atom stereocenters. The normalized spacial score (nSPS) is 10.3. The number of aliphatic carboxylic acids is 1. The number of hydrogen-bond donors (Lipinski definition) is 1. The van der Waals surface area contributed by atoms with Crippen LogP contribution in [0.4, 0.5) is 10.6 Å². The smallest absolute Gasteiger partial charge is 0.410 e. The van der Waals surface area contributed by atoms with Crippen LogP contribution in [0, 0.1) is 0 Å². The molecule has 0 radical (unpaired) electrons. The second kappa shape index (κ2) is 12.1. The Labute approximate surface area is 193 Å². The van der Waals surface area contributed by atoms with Crippen molar-refractivity contribution in [3.05, 3.63) is 90.1 Å². The number of pyridine rings is 1. The predicted octanol–water partition coefficient (Wildman–Crippen LogP) is 3.82. The van der Waals surface area contributed by atoms with Crippen LogP contribution in [0.2, 0.25) is 0 Å². The summed E-state index contributed by atoms with van der Waals surface area (Å²) in [6, 6.07) is 22.2. The third-order valence-electron chi connectivity index (χ3n) is 4.82. The standard InChI is InChI=1S/C25H27N3O5/c1-27(23-9-5-6-14-26-23)15-16-32-22-12-10-20(11-13-22)17-28(18-24(29)30)25(31)33-19-21-7-3-2-4-8-21/h2-14H,15-19H2,1H3,(H,29,30). The summed E-state index contributed by atoms with van der Waals surface area (Å²) < 4.78 is 11.1. The molecule has 1 amide bonds. The van der Waals surface area contributed by atoms with Gasteiger partial charge in [-0.1, -0.05) is 48.5 Å². The first kappa shape index (κ1) is 23.6. The van der Waals surface area contributed by atoms with Crippen molar-refractivity contribution in [2.24, 2.45) is 0 Å². The molecule has 2 aromatic carbocycles. The largest absolute Gasteiger partial charge is 0.492 e. The van der Waals surface area contributed by atoms with Gasteiger partial charge in [-0.2, -0.15) is 0 Å². The molecule has 0 bridgehead atoms. The number of benzene rings is 2. The summed E-state index contributed by atoms with van der Waals surface area (Å²) in [6.07, 6.45) is 1.07. The summed E-state index contributed by atoms with van der Waals surface area (Å²) in [5, 5.41) is 9.19. The Morgan fingerprint density at radius 2 is 1.67 bits per heavy atom. The third kappa shape index (κ3) is 7.84. The Kier molecular flexibility index (Phi) is 8.64. The molecule has 8 nitrogen and oxygen atoms in total. The number of hydrogen-bond acceptors (Lipinski definition) is 6.